The van der Waals surface area contributed by atoms with Crippen molar-refractivity contribution in [2.75, 3.05) is 12.1 Å². The molecule has 5 nitrogen and oxygen atoms in total. The molecule has 0 radical (unpaired) electrons. The third-order valence-electron chi connectivity index (χ3n) is 3.12. The van der Waals surface area contributed by atoms with Crippen LogP contribution in [0.1, 0.15) is 15.9 Å². The first-order valence-electron chi connectivity index (χ1n) is 6.73. The predicted molar refractivity (Wildman–Crippen MR) is 95.9 cm³/mol. The molecule has 120 valence electrons. The number of ether oxygens (including phenoxy) is 1. The molecule has 0 aliphatic carbocycles. The number of halogens is 1. The summed E-state index contributed by atoms with van der Waals surface area (Å²) in [6.07, 6.45) is 0. The van der Waals surface area contributed by atoms with Gasteiger partial charge in [-0.2, -0.15) is 0 Å². The first kappa shape index (κ1) is 17.1. The minimum absolute atomic E-state index is 0.00351. The molecule has 1 amide bonds. The van der Waals surface area contributed by atoms with Crippen molar-refractivity contribution in [1.82, 2.24) is 5.43 Å². The maximum absolute atomic E-state index is 12.4. The third kappa shape index (κ3) is 4.12. The summed E-state index contributed by atoms with van der Waals surface area (Å²) >= 11 is 10.9. The summed E-state index contributed by atoms with van der Waals surface area (Å²) in [5.74, 6) is 0.179. The van der Waals surface area contributed by atoms with Crippen molar-refractivity contribution in [3.05, 3.63) is 58.6 Å². The van der Waals surface area contributed by atoms with Gasteiger partial charge in [0.05, 0.1) is 7.11 Å². The smallest absolute Gasteiger partial charge is 0.270 e. The maximum Gasteiger partial charge on any atom is 0.270 e. The fraction of sp³-hybridized carbons (Fsp3) is 0.125. The van der Waals surface area contributed by atoms with Crippen LogP contribution >= 0.6 is 23.8 Å². The summed E-state index contributed by atoms with van der Waals surface area (Å²) < 4.78 is 5.31. The van der Waals surface area contributed by atoms with Crippen LogP contribution in [0.15, 0.2) is 42.5 Å². The molecule has 0 saturated carbocycles. The van der Waals surface area contributed by atoms with E-state index in [1.807, 2.05) is 19.1 Å². The molecular formula is C16H16ClN3O2S. The quantitative estimate of drug-likeness (QED) is 0.658. The number of hydrogen-bond donors (Lipinski definition) is 2. The topological polar surface area (TPSA) is 67.6 Å². The largest absolute Gasteiger partial charge is 0.494 e. The highest BCUT2D eigenvalue weighted by atomic mass is 35.5. The molecule has 0 saturated heterocycles. The van der Waals surface area contributed by atoms with Crippen molar-refractivity contribution in [1.29, 1.82) is 0 Å². The van der Waals surface area contributed by atoms with Crippen molar-refractivity contribution in [3.63, 3.8) is 0 Å². The zero-order valence-electron chi connectivity index (χ0n) is 12.7. The third-order valence-corrected chi connectivity index (χ3v) is 3.55. The van der Waals surface area contributed by atoms with Gasteiger partial charge in [0.1, 0.15) is 11.4 Å². The molecular weight excluding hydrogens is 334 g/mol. The van der Waals surface area contributed by atoms with Gasteiger partial charge < -0.3 is 10.5 Å². The van der Waals surface area contributed by atoms with E-state index in [1.54, 1.807) is 30.3 Å². The lowest BCUT2D eigenvalue weighted by molar-refractivity contribution is 0.0955. The molecule has 23 heavy (non-hydrogen) atoms. The number of hydrogen-bond acceptors (Lipinski definition) is 3. The Bertz CT molecular complexity index is 735. The standard InChI is InChI=1S/C16H16ClN3O2S/c1-10-3-8-14(22-2)13(9-10)20(16(18)23)19-15(21)11-4-6-12(17)7-5-11/h3-9H,1-2H3,(H2,18,23)(H,19,21). The van der Waals surface area contributed by atoms with Gasteiger partial charge >= 0.3 is 0 Å². The highest BCUT2D eigenvalue weighted by Crippen LogP contribution is 2.28. The Morgan fingerprint density at radius 3 is 2.48 bits per heavy atom. The predicted octanol–water partition coefficient (Wildman–Crippen LogP) is 3.05. The summed E-state index contributed by atoms with van der Waals surface area (Å²) in [5.41, 5.74) is 10.4. The first-order valence-corrected chi connectivity index (χ1v) is 7.51. The second-order valence-corrected chi connectivity index (χ2v) is 5.65. The van der Waals surface area contributed by atoms with Crippen molar-refractivity contribution < 1.29 is 9.53 Å². The van der Waals surface area contributed by atoms with Crippen molar-refractivity contribution in [2.45, 2.75) is 6.92 Å². The number of hydrazine groups is 1. The van der Waals surface area contributed by atoms with Crippen LogP contribution in [0.4, 0.5) is 5.69 Å². The molecule has 2 rings (SSSR count). The second-order valence-electron chi connectivity index (χ2n) is 4.80. The van der Waals surface area contributed by atoms with E-state index in [4.69, 9.17) is 34.3 Å². The summed E-state index contributed by atoms with van der Waals surface area (Å²) in [4.78, 5) is 12.4. The van der Waals surface area contributed by atoms with Crippen LogP contribution in [0.3, 0.4) is 0 Å². The second kappa shape index (κ2) is 7.30. The molecule has 7 heteroatoms. The lowest BCUT2D eigenvalue weighted by atomic mass is 10.2. The summed E-state index contributed by atoms with van der Waals surface area (Å²) in [6.45, 7) is 1.92. The number of carbonyl (C=O) groups excluding carboxylic acids is 1. The molecule has 0 heterocycles. The number of thiocarbonyl (C=S) groups is 1. The van der Waals surface area contributed by atoms with Crippen LogP contribution in [-0.4, -0.2) is 18.1 Å². The Morgan fingerprint density at radius 2 is 1.91 bits per heavy atom. The van der Waals surface area contributed by atoms with E-state index in [0.29, 0.717) is 22.0 Å². The summed E-state index contributed by atoms with van der Waals surface area (Å²) in [5, 5.41) is 1.86. The van der Waals surface area contributed by atoms with Crippen LogP contribution < -0.4 is 20.9 Å². The Kier molecular flexibility index (Phi) is 5.41. The summed E-state index contributed by atoms with van der Waals surface area (Å²) in [6, 6.07) is 12.0. The fourth-order valence-corrected chi connectivity index (χ4v) is 2.25. The molecule has 0 spiro atoms. The Hall–Kier alpha value is -2.31. The summed E-state index contributed by atoms with van der Waals surface area (Å²) in [7, 11) is 1.53. The molecule has 0 aliphatic heterocycles. The molecule has 0 aliphatic rings. The Labute approximate surface area is 145 Å². The number of nitrogens with two attached hydrogens (primary N) is 1. The van der Waals surface area contributed by atoms with Gasteiger partial charge in [-0.3, -0.25) is 10.2 Å². The number of benzene rings is 2. The fourth-order valence-electron chi connectivity index (χ4n) is 1.98. The SMILES string of the molecule is COc1ccc(C)cc1N(NC(=O)c1ccc(Cl)cc1)C(N)=S. The maximum atomic E-state index is 12.4. The molecule has 3 N–H and O–H groups in total. The van der Waals surface area contributed by atoms with Gasteiger partial charge in [-0.1, -0.05) is 17.7 Å². The van der Waals surface area contributed by atoms with Crippen molar-refractivity contribution >= 4 is 40.5 Å². The zero-order valence-corrected chi connectivity index (χ0v) is 14.2. The van der Waals surface area contributed by atoms with Gasteiger partial charge in [-0.05, 0) is 61.1 Å². The van der Waals surface area contributed by atoms with Gasteiger partial charge in [0.25, 0.3) is 5.91 Å². The number of anilines is 1. The lowest BCUT2D eigenvalue weighted by Crippen LogP contribution is -2.49. The molecule has 0 unspecified atom stereocenters. The van der Waals surface area contributed by atoms with Gasteiger partial charge in [0, 0.05) is 10.6 Å². The highest BCUT2D eigenvalue weighted by Gasteiger charge is 2.18. The first-order chi connectivity index (χ1) is 10.9. The minimum Gasteiger partial charge on any atom is -0.494 e. The van der Waals surface area contributed by atoms with Crippen LogP contribution in [0.25, 0.3) is 0 Å². The van der Waals surface area contributed by atoms with Crippen LogP contribution in [-0.2, 0) is 0 Å². The van der Waals surface area contributed by atoms with E-state index in [2.05, 4.69) is 5.43 Å². The zero-order chi connectivity index (χ0) is 17.0. The van der Waals surface area contributed by atoms with Gasteiger partial charge in [0.15, 0.2) is 5.11 Å². The number of nitrogens with one attached hydrogen (secondary N) is 1. The average molecular weight is 350 g/mol. The van der Waals surface area contributed by atoms with E-state index >= 15 is 0 Å². The van der Waals surface area contributed by atoms with E-state index in [1.165, 1.54) is 12.1 Å². The average Bonchev–Trinajstić information content (AvgIpc) is 2.52. The van der Waals surface area contributed by atoms with Crippen molar-refractivity contribution in [3.8, 4) is 5.75 Å². The van der Waals surface area contributed by atoms with Crippen LogP contribution in [0, 0.1) is 6.92 Å². The van der Waals surface area contributed by atoms with E-state index in [9.17, 15) is 4.79 Å². The van der Waals surface area contributed by atoms with Crippen LogP contribution in [0.2, 0.25) is 5.02 Å². The monoisotopic (exact) mass is 349 g/mol. The number of rotatable bonds is 3. The van der Waals surface area contributed by atoms with E-state index in [0.717, 1.165) is 5.56 Å². The van der Waals surface area contributed by atoms with Crippen LogP contribution in [0.5, 0.6) is 5.75 Å². The normalized spacial score (nSPS) is 10.0. The number of carbonyl (C=O) groups is 1. The van der Waals surface area contributed by atoms with E-state index < -0.39 is 0 Å². The number of nitrogens with zero attached hydrogens (tertiary/aromatic N) is 1. The number of amides is 1. The Morgan fingerprint density at radius 1 is 1.26 bits per heavy atom. The minimum atomic E-state index is -0.363. The lowest BCUT2D eigenvalue weighted by Gasteiger charge is -2.25. The van der Waals surface area contributed by atoms with Gasteiger partial charge in [-0.15, -0.1) is 0 Å². The van der Waals surface area contributed by atoms with Gasteiger partial charge in [-0.25, -0.2) is 5.01 Å². The molecule has 0 aromatic heterocycles. The molecule has 2 aromatic rings. The van der Waals surface area contributed by atoms with Crippen molar-refractivity contribution in [2.24, 2.45) is 5.73 Å². The van der Waals surface area contributed by atoms with E-state index in [-0.39, 0.29) is 11.0 Å². The molecule has 0 atom stereocenters. The number of aryl methyl sites for hydroxylation is 1. The molecule has 0 fully saturated rings. The number of methoxy groups -OCH3 is 1. The highest BCUT2D eigenvalue weighted by molar-refractivity contribution is 7.80. The molecule has 2 aromatic carbocycles. The Balaban J connectivity index is 2.32. The molecule has 0 bridgehead atoms. The van der Waals surface area contributed by atoms with Gasteiger partial charge in [0.2, 0.25) is 0 Å².